The number of nitrogens with one attached hydrogen (secondary N) is 2. The average molecular weight is 452 g/mol. The second-order valence-corrected chi connectivity index (χ2v) is 6.35. The van der Waals surface area contributed by atoms with Crippen molar-refractivity contribution in [1.82, 2.24) is 10.3 Å². The number of halogens is 5. The van der Waals surface area contributed by atoms with Crippen LogP contribution in [0.2, 0.25) is 10.0 Å². The van der Waals surface area contributed by atoms with Crippen molar-refractivity contribution in [1.29, 1.82) is 0 Å². The van der Waals surface area contributed by atoms with Crippen LogP contribution >= 0.6 is 23.2 Å². The molecule has 29 heavy (non-hydrogen) atoms. The van der Waals surface area contributed by atoms with Crippen molar-refractivity contribution < 1.29 is 32.2 Å². The number of nitrogens with zero attached hydrogens (tertiary/aromatic N) is 1. The highest BCUT2D eigenvalue weighted by Gasteiger charge is 2.64. The Labute approximate surface area is 173 Å². The zero-order valence-electron chi connectivity index (χ0n) is 14.9. The standard InChI is InChI=1S/C17H14Cl2F3N3O4/c1-28-12-6-4-3-5-10(12)14(26)25-16(15(27)29-2,17(20,21)22)24-13-11(19)7-9(18)8-23-13/h3-8H,1-2H3,(H,23,24)(H,25,26)/t16-/m1/s1. The molecule has 1 atom stereocenters. The molecule has 0 saturated heterocycles. The first-order valence-corrected chi connectivity index (χ1v) is 8.51. The number of hydrogen-bond donors (Lipinski definition) is 2. The van der Waals surface area contributed by atoms with E-state index in [1.54, 1.807) is 5.32 Å². The largest absolute Gasteiger partial charge is 0.496 e. The maximum Gasteiger partial charge on any atom is 0.441 e. The smallest absolute Gasteiger partial charge is 0.441 e. The number of ether oxygens (including phenoxy) is 2. The number of anilines is 1. The van der Waals surface area contributed by atoms with Crippen LogP contribution in [0.15, 0.2) is 36.5 Å². The van der Waals surface area contributed by atoms with Gasteiger partial charge in [-0.15, -0.1) is 0 Å². The number of hydrogen-bond acceptors (Lipinski definition) is 6. The fraction of sp³-hybridized carbons (Fsp3) is 0.235. The highest BCUT2D eigenvalue weighted by atomic mass is 35.5. The van der Waals surface area contributed by atoms with E-state index >= 15 is 0 Å². The van der Waals surface area contributed by atoms with Crippen molar-refractivity contribution in [3.8, 4) is 5.75 Å². The van der Waals surface area contributed by atoms with Gasteiger partial charge in [0.05, 0.1) is 29.8 Å². The summed E-state index contributed by atoms with van der Waals surface area (Å²) in [6, 6.07) is 6.63. The van der Waals surface area contributed by atoms with Crippen LogP contribution in [0, 0.1) is 0 Å². The number of carbonyl (C=O) groups is 2. The summed E-state index contributed by atoms with van der Waals surface area (Å²) in [7, 11) is 1.97. The monoisotopic (exact) mass is 451 g/mol. The first-order chi connectivity index (χ1) is 13.6. The van der Waals surface area contributed by atoms with Gasteiger partial charge < -0.3 is 20.1 Å². The SMILES string of the molecule is COC(=O)[C@](NC(=O)c1ccccc1OC)(Nc1ncc(Cl)cc1Cl)C(F)(F)F. The normalized spacial score (nSPS) is 13.2. The van der Waals surface area contributed by atoms with Crippen molar-refractivity contribution in [3.05, 3.63) is 52.1 Å². The van der Waals surface area contributed by atoms with E-state index in [4.69, 9.17) is 27.9 Å². The van der Waals surface area contributed by atoms with E-state index in [9.17, 15) is 22.8 Å². The van der Waals surface area contributed by atoms with Crippen LogP contribution in [0.3, 0.4) is 0 Å². The van der Waals surface area contributed by atoms with Gasteiger partial charge >= 0.3 is 17.8 Å². The Kier molecular flexibility index (Phi) is 6.81. The molecule has 0 fully saturated rings. The van der Waals surface area contributed by atoms with Gasteiger partial charge in [-0.1, -0.05) is 35.3 Å². The number of para-hydroxylation sites is 1. The first-order valence-electron chi connectivity index (χ1n) is 7.75. The lowest BCUT2D eigenvalue weighted by Gasteiger charge is -2.34. The highest BCUT2D eigenvalue weighted by molar-refractivity contribution is 6.36. The van der Waals surface area contributed by atoms with Gasteiger partial charge in [-0.3, -0.25) is 4.79 Å². The van der Waals surface area contributed by atoms with E-state index in [1.165, 1.54) is 31.4 Å². The minimum Gasteiger partial charge on any atom is -0.496 e. The molecule has 0 saturated carbocycles. The number of benzene rings is 1. The quantitative estimate of drug-likeness (QED) is 0.514. The molecule has 1 aromatic heterocycles. The minimum atomic E-state index is -5.36. The zero-order chi connectivity index (χ0) is 21.8. The number of rotatable bonds is 6. The summed E-state index contributed by atoms with van der Waals surface area (Å²) in [5, 5.41) is 3.22. The second kappa shape index (κ2) is 8.75. The Morgan fingerprint density at radius 2 is 1.79 bits per heavy atom. The fourth-order valence-electron chi connectivity index (χ4n) is 2.30. The third-order valence-corrected chi connectivity index (χ3v) is 4.18. The number of aromatic nitrogens is 1. The van der Waals surface area contributed by atoms with Gasteiger partial charge in [0.2, 0.25) is 0 Å². The first kappa shape index (κ1) is 22.6. The Bertz CT molecular complexity index is 927. The number of pyridine rings is 1. The number of methoxy groups -OCH3 is 2. The van der Waals surface area contributed by atoms with Gasteiger partial charge in [0.15, 0.2) is 0 Å². The van der Waals surface area contributed by atoms with Crippen LogP contribution < -0.4 is 15.4 Å². The highest BCUT2D eigenvalue weighted by Crippen LogP contribution is 2.35. The van der Waals surface area contributed by atoms with Crippen molar-refractivity contribution in [3.63, 3.8) is 0 Å². The lowest BCUT2D eigenvalue weighted by Crippen LogP contribution is -2.69. The van der Waals surface area contributed by atoms with E-state index < -0.39 is 29.5 Å². The molecule has 1 heterocycles. The van der Waals surface area contributed by atoms with Gasteiger partial charge in [0, 0.05) is 6.20 Å². The Morgan fingerprint density at radius 1 is 1.14 bits per heavy atom. The molecule has 2 N–H and O–H groups in total. The number of amides is 1. The lowest BCUT2D eigenvalue weighted by molar-refractivity contribution is -0.203. The molecule has 7 nitrogen and oxygen atoms in total. The molecule has 2 rings (SSSR count). The molecular weight excluding hydrogens is 438 g/mol. The van der Waals surface area contributed by atoms with Crippen molar-refractivity contribution in [2.75, 3.05) is 19.5 Å². The minimum absolute atomic E-state index is 0.00593. The summed E-state index contributed by atoms with van der Waals surface area (Å²) in [6.45, 7) is 0. The summed E-state index contributed by atoms with van der Waals surface area (Å²) in [4.78, 5) is 28.5. The van der Waals surface area contributed by atoms with E-state index in [1.807, 2.05) is 5.32 Å². The Morgan fingerprint density at radius 3 is 2.34 bits per heavy atom. The van der Waals surface area contributed by atoms with E-state index in [0.29, 0.717) is 0 Å². The molecule has 0 aliphatic heterocycles. The third-order valence-electron chi connectivity index (χ3n) is 3.68. The van der Waals surface area contributed by atoms with Crippen molar-refractivity contribution >= 4 is 40.9 Å². The Balaban J connectivity index is 2.57. The number of esters is 1. The van der Waals surface area contributed by atoms with Gasteiger partial charge in [-0.2, -0.15) is 13.2 Å². The molecule has 0 aliphatic carbocycles. The molecule has 156 valence electrons. The van der Waals surface area contributed by atoms with E-state index in [2.05, 4.69) is 9.72 Å². The van der Waals surface area contributed by atoms with Crippen LogP contribution in [0.5, 0.6) is 5.75 Å². The van der Waals surface area contributed by atoms with Gasteiger partial charge in [-0.05, 0) is 18.2 Å². The van der Waals surface area contributed by atoms with E-state index in [0.717, 1.165) is 19.4 Å². The van der Waals surface area contributed by atoms with Crippen LogP contribution in [-0.4, -0.2) is 42.9 Å². The second-order valence-electron chi connectivity index (χ2n) is 5.50. The summed E-state index contributed by atoms with van der Waals surface area (Å²) in [5.74, 6) is -3.67. The molecular formula is C17H14Cl2F3N3O4. The van der Waals surface area contributed by atoms with Crippen molar-refractivity contribution in [2.45, 2.75) is 11.8 Å². The van der Waals surface area contributed by atoms with E-state index in [-0.39, 0.29) is 21.4 Å². The zero-order valence-corrected chi connectivity index (χ0v) is 16.4. The average Bonchev–Trinajstić information content (AvgIpc) is 2.67. The predicted octanol–water partition coefficient (Wildman–Crippen LogP) is 3.67. The molecule has 0 bridgehead atoms. The summed E-state index contributed by atoms with van der Waals surface area (Å²) in [6.07, 6.45) is -4.35. The molecule has 1 amide bonds. The molecule has 0 aliphatic rings. The van der Waals surface area contributed by atoms with Crippen LogP contribution in [0.4, 0.5) is 19.0 Å². The molecule has 0 radical (unpaired) electrons. The third kappa shape index (κ3) is 4.65. The summed E-state index contributed by atoms with van der Waals surface area (Å²) >= 11 is 11.6. The maximum atomic E-state index is 14.1. The lowest BCUT2D eigenvalue weighted by atomic mass is 10.1. The van der Waals surface area contributed by atoms with Gasteiger partial charge in [0.1, 0.15) is 11.6 Å². The molecule has 12 heteroatoms. The van der Waals surface area contributed by atoms with Crippen LogP contribution in [-0.2, 0) is 9.53 Å². The maximum absolute atomic E-state index is 14.1. The molecule has 0 unspecified atom stereocenters. The Hall–Kier alpha value is -2.72. The molecule has 2 aromatic rings. The molecule has 1 aromatic carbocycles. The number of carbonyl (C=O) groups excluding carboxylic acids is 2. The summed E-state index contributed by atoms with van der Waals surface area (Å²) in [5.41, 5.74) is -3.95. The predicted molar refractivity (Wildman–Crippen MR) is 99.1 cm³/mol. The van der Waals surface area contributed by atoms with Crippen LogP contribution in [0.1, 0.15) is 10.4 Å². The van der Waals surface area contributed by atoms with Crippen LogP contribution in [0.25, 0.3) is 0 Å². The molecule has 0 spiro atoms. The number of alkyl halides is 3. The van der Waals surface area contributed by atoms with Crippen molar-refractivity contribution in [2.24, 2.45) is 0 Å². The topological polar surface area (TPSA) is 89.5 Å². The summed E-state index contributed by atoms with van der Waals surface area (Å²) < 4.78 is 51.5. The fourth-order valence-corrected chi connectivity index (χ4v) is 2.73. The van der Waals surface area contributed by atoms with Gasteiger partial charge in [-0.25, -0.2) is 9.78 Å². The van der Waals surface area contributed by atoms with Gasteiger partial charge in [0.25, 0.3) is 5.91 Å².